The van der Waals surface area contributed by atoms with Crippen molar-refractivity contribution in [3.8, 4) is 22.8 Å². The number of aryl methyl sites for hydroxylation is 2. The molecule has 1 amide bonds. The third kappa shape index (κ3) is 6.18. The molecule has 0 fully saturated rings. The number of benzene rings is 2. The van der Waals surface area contributed by atoms with Crippen molar-refractivity contribution in [1.29, 1.82) is 0 Å². The summed E-state index contributed by atoms with van der Waals surface area (Å²) in [6, 6.07) is 16.5. The zero-order chi connectivity index (χ0) is 22.2. The molecule has 1 aromatic heterocycles. The molecule has 0 aliphatic carbocycles. The highest BCUT2D eigenvalue weighted by Gasteiger charge is 2.07. The maximum Gasteiger partial charge on any atom is 0.266 e. The summed E-state index contributed by atoms with van der Waals surface area (Å²) in [5.74, 6) is 1.22. The van der Waals surface area contributed by atoms with Crippen LogP contribution in [0.15, 0.2) is 59.4 Å². The number of amides is 1. The first-order valence-corrected chi connectivity index (χ1v) is 10.2. The lowest BCUT2D eigenvalue weighted by molar-refractivity contribution is -0.123. The topological polar surface area (TPSA) is 82.5 Å². The van der Waals surface area contributed by atoms with Crippen LogP contribution in [0.3, 0.4) is 0 Å². The molecular weight excluding hydrogens is 394 g/mol. The Balaban J connectivity index is 1.55. The smallest absolute Gasteiger partial charge is 0.266 e. The molecule has 1 heterocycles. The van der Waals surface area contributed by atoms with Gasteiger partial charge in [0.15, 0.2) is 6.61 Å². The van der Waals surface area contributed by atoms with Crippen LogP contribution in [0.5, 0.6) is 11.5 Å². The van der Waals surface area contributed by atoms with Gasteiger partial charge >= 0.3 is 0 Å². The molecule has 0 aliphatic heterocycles. The monoisotopic (exact) mass is 421 g/mol. The maximum atomic E-state index is 12.1. The average Bonchev–Trinajstić information content (AvgIpc) is 2.76. The molecule has 0 radical (unpaired) electrons. The normalized spacial score (nSPS) is 10.5. The van der Waals surface area contributed by atoms with Crippen LogP contribution in [0.25, 0.3) is 11.3 Å². The molecule has 2 aromatic carbocycles. The lowest BCUT2D eigenvalue weighted by Crippen LogP contribution is -2.34. The van der Waals surface area contributed by atoms with Gasteiger partial charge in [-0.1, -0.05) is 12.1 Å². The fraction of sp³-hybridized carbons (Fsp3) is 0.292. The van der Waals surface area contributed by atoms with Gasteiger partial charge in [0, 0.05) is 18.2 Å². The van der Waals surface area contributed by atoms with E-state index < -0.39 is 0 Å². The van der Waals surface area contributed by atoms with E-state index in [1.807, 2.05) is 63.2 Å². The van der Waals surface area contributed by atoms with Gasteiger partial charge in [0.05, 0.1) is 18.8 Å². The van der Waals surface area contributed by atoms with Crippen molar-refractivity contribution in [3.63, 3.8) is 0 Å². The van der Waals surface area contributed by atoms with Gasteiger partial charge in [0.2, 0.25) is 0 Å². The number of aromatic nitrogens is 2. The molecule has 7 heteroatoms. The van der Waals surface area contributed by atoms with Crippen molar-refractivity contribution in [1.82, 2.24) is 15.1 Å². The van der Waals surface area contributed by atoms with Crippen LogP contribution in [-0.2, 0) is 11.3 Å². The minimum atomic E-state index is -0.253. The number of hydrogen-bond donors (Lipinski definition) is 1. The van der Waals surface area contributed by atoms with Gasteiger partial charge in [-0.15, -0.1) is 0 Å². The molecule has 7 nitrogen and oxygen atoms in total. The largest absolute Gasteiger partial charge is 0.494 e. The Morgan fingerprint density at radius 1 is 1.03 bits per heavy atom. The summed E-state index contributed by atoms with van der Waals surface area (Å²) in [4.78, 5) is 24.2. The minimum absolute atomic E-state index is 0.0845. The van der Waals surface area contributed by atoms with Crippen LogP contribution in [-0.4, -0.2) is 35.4 Å². The maximum absolute atomic E-state index is 12.1. The van der Waals surface area contributed by atoms with E-state index >= 15 is 0 Å². The summed E-state index contributed by atoms with van der Waals surface area (Å²) < 4.78 is 12.4. The Labute approximate surface area is 181 Å². The highest BCUT2D eigenvalue weighted by molar-refractivity contribution is 5.77. The summed E-state index contributed by atoms with van der Waals surface area (Å²) in [5, 5.41) is 7.17. The zero-order valence-corrected chi connectivity index (χ0v) is 18.1. The van der Waals surface area contributed by atoms with Crippen LogP contribution >= 0.6 is 0 Å². The van der Waals surface area contributed by atoms with Crippen LogP contribution in [0.1, 0.15) is 18.1 Å². The van der Waals surface area contributed by atoms with E-state index in [9.17, 15) is 9.59 Å². The second kappa shape index (κ2) is 10.4. The Bertz CT molecular complexity index is 1090. The highest BCUT2D eigenvalue weighted by Crippen LogP contribution is 2.20. The van der Waals surface area contributed by atoms with Gasteiger partial charge in [0.1, 0.15) is 11.5 Å². The van der Waals surface area contributed by atoms with Crippen molar-refractivity contribution < 1.29 is 14.3 Å². The summed E-state index contributed by atoms with van der Waals surface area (Å²) >= 11 is 0. The van der Waals surface area contributed by atoms with Crippen molar-refractivity contribution in [2.24, 2.45) is 0 Å². The molecule has 0 aliphatic rings. The van der Waals surface area contributed by atoms with Gasteiger partial charge in [-0.05, 0) is 68.3 Å². The van der Waals surface area contributed by atoms with E-state index in [1.54, 1.807) is 6.07 Å². The van der Waals surface area contributed by atoms with Crippen molar-refractivity contribution in [3.05, 3.63) is 76.1 Å². The fourth-order valence-electron chi connectivity index (χ4n) is 3.01. The Morgan fingerprint density at radius 3 is 2.55 bits per heavy atom. The molecule has 31 heavy (non-hydrogen) atoms. The van der Waals surface area contributed by atoms with E-state index in [4.69, 9.17) is 9.47 Å². The second-order valence-corrected chi connectivity index (χ2v) is 7.14. The Kier molecular flexibility index (Phi) is 7.43. The standard InChI is InChI=1S/C24H27N3O4/c1-4-30-20-9-7-19(8-10-20)21-11-12-24(29)27(26-21)14-13-25-23(28)16-31-22-15-17(2)5-6-18(22)3/h5-12,15H,4,13-14,16H2,1-3H3,(H,25,28). The molecule has 1 N–H and O–H groups in total. The van der Waals surface area contributed by atoms with E-state index in [1.165, 1.54) is 10.7 Å². The molecule has 0 spiro atoms. The summed E-state index contributed by atoms with van der Waals surface area (Å²) in [6.07, 6.45) is 0. The third-order valence-electron chi connectivity index (χ3n) is 4.68. The highest BCUT2D eigenvalue weighted by atomic mass is 16.5. The first-order chi connectivity index (χ1) is 15.0. The van der Waals surface area contributed by atoms with Gasteiger partial charge in [-0.2, -0.15) is 5.10 Å². The number of carbonyl (C=O) groups is 1. The number of carbonyl (C=O) groups excluding carboxylic acids is 1. The van der Waals surface area contributed by atoms with Crippen molar-refractivity contribution >= 4 is 5.91 Å². The van der Waals surface area contributed by atoms with E-state index in [0.717, 1.165) is 22.4 Å². The summed E-state index contributed by atoms with van der Waals surface area (Å²) in [6.45, 7) is 6.89. The van der Waals surface area contributed by atoms with Gasteiger partial charge in [0.25, 0.3) is 11.5 Å². The lowest BCUT2D eigenvalue weighted by Gasteiger charge is -2.11. The molecular formula is C24H27N3O4. The molecule has 0 saturated heterocycles. The fourth-order valence-corrected chi connectivity index (χ4v) is 3.01. The molecule has 3 aromatic rings. The third-order valence-corrected chi connectivity index (χ3v) is 4.68. The molecule has 162 valence electrons. The quantitative estimate of drug-likeness (QED) is 0.574. The number of nitrogens with one attached hydrogen (secondary N) is 1. The Hall–Kier alpha value is -3.61. The summed E-state index contributed by atoms with van der Waals surface area (Å²) in [7, 11) is 0. The molecule has 3 rings (SSSR count). The predicted octanol–water partition coefficient (Wildman–Crippen LogP) is 3.12. The molecule has 0 atom stereocenters. The number of nitrogens with zero attached hydrogens (tertiary/aromatic N) is 2. The molecule has 0 unspecified atom stereocenters. The van der Waals surface area contributed by atoms with Crippen LogP contribution in [0.2, 0.25) is 0 Å². The van der Waals surface area contributed by atoms with Gasteiger partial charge < -0.3 is 14.8 Å². The predicted molar refractivity (Wildman–Crippen MR) is 120 cm³/mol. The van der Waals surface area contributed by atoms with Gasteiger partial charge in [-0.25, -0.2) is 4.68 Å². The van der Waals surface area contributed by atoms with Crippen molar-refractivity contribution in [2.45, 2.75) is 27.3 Å². The first kappa shape index (κ1) is 22.1. The Morgan fingerprint density at radius 2 is 1.81 bits per heavy atom. The van der Waals surface area contributed by atoms with Crippen LogP contribution in [0, 0.1) is 13.8 Å². The first-order valence-electron chi connectivity index (χ1n) is 10.2. The lowest BCUT2D eigenvalue weighted by atomic mass is 10.1. The molecule has 0 saturated carbocycles. The van der Waals surface area contributed by atoms with Crippen LogP contribution in [0.4, 0.5) is 0 Å². The van der Waals surface area contributed by atoms with E-state index in [0.29, 0.717) is 18.1 Å². The summed E-state index contributed by atoms with van der Waals surface area (Å²) in [5.41, 5.74) is 3.37. The average molecular weight is 421 g/mol. The zero-order valence-electron chi connectivity index (χ0n) is 18.1. The number of hydrogen-bond acceptors (Lipinski definition) is 5. The number of rotatable bonds is 9. The second-order valence-electron chi connectivity index (χ2n) is 7.14. The number of ether oxygens (including phenoxy) is 2. The minimum Gasteiger partial charge on any atom is -0.494 e. The van der Waals surface area contributed by atoms with Gasteiger partial charge in [-0.3, -0.25) is 9.59 Å². The van der Waals surface area contributed by atoms with Crippen molar-refractivity contribution in [2.75, 3.05) is 19.8 Å². The molecule has 0 bridgehead atoms. The van der Waals surface area contributed by atoms with E-state index in [-0.39, 0.29) is 31.2 Å². The SMILES string of the molecule is CCOc1ccc(-c2ccc(=O)n(CCNC(=O)COc3cc(C)ccc3C)n2)cc1. The van der Waals surface area contributed by atoms with E-state index in [2.05, 4.69) is 10.4 Å². The van der Waals surface area contributed by atoms with Crippen LogP contribution < -0.4 is 20.3 Å².